The monoisotopic (exact) mass is 363 g/mol. The Morgan fingerprint density at radius 3 is 2.68 bits per heavy atom. The van der Waals surface area contributed by atoms with Crippen LogP contribution in [0.5, 0.6) is 0 Å². The van der Waals surface area contributed by atoms with Crippen LogP contribution in [0.1, 0.15) is 27.0 Å². The van der Waals surface area contributed by atoms with Crippen LogP contribution in [0.15, 0.2) is 60.3 Å². The average Bonchev–Trinajstić information content (AvgIpc) is 2.86. The Hall–Kier alpha value is -2.87. The average molecular weight is 363 g/mol. The third-order valence-corrected chi connectivity index (χ3v) is 4.10. The Bertz CT molecular complexity index is 1060. The van der Waals surface area contributed by atoms with E-state index < -0.39 is 39.3 Å². The van der Waals surface area contributed by atoms with Crippen LogP contribution in [-0.4, -0.2) is 19.2 Å². The number of nitrogens with two attached hydrogens (primary N) is 1. The van der Waals surface area contributed by atoms with E-state index >= 15 is 0 Å². The normalized spacial score (nSPS) is 22.8. The van der Waals surface area contributed by atoms with Crippen molar-refractivity contribution in [2.75, 3.05) is 0 Å². The van der Waals surface area contributed by atoms with Crippen molar-refractivity contribution in [2.24, 2.45) is 5.73 Å². The number of pyridine rings is 1. The van der Waals surface area contributed by atoms with E-state index in [0.717, 1.165) is 0 Å². The van der Waals surface area contributed by atoms with Gasteiger partial charge in [-0.1, -0.05) is 36.4 Å². The summed E-state index contributed by atoms with van der Waals surface area (Å²) in [5.74, 6) is -2.86. The number of carbonyl (C=O) groups excluding carboxylic acids is 1. The molecule has 1 aromatic heterocycles. The highest BCUT2D eigenvalue weighted by atomic mass is 32.2. The molecule has 2 N–H and O–H groups in total. The van der Waals surface area contributed by atoms with Gasteiger partial charge in [0.25, 0.3) is 0 Å². The number of hydrogen-bond acceptors (Lipinski definition) is 7. The first kappa shape index (κ1) is 13.4. The van der Waals surface area contributed by atoms with Crippen molar-refractivity contribution in [3.05, 3.63) is 77.1 Å². The molecule has 0 amide bonds. The molecule has 1 atom stereocenters. The van der Waals surface area contributed by atoms with Crippen LogP contribution in [0, 0.1) is 6.92 Å². The minimum absolute atomic E-state index is 0.0214. The van der Waals surface area contributed by atoms with Gasteiger partial charge in [-0.3, -0.25) is 9.78 Å². The number of ketones is 1. The van der Waals surface area contributed by atoms with Crippen LogP contribution in [0.4, 0.5) is 0 Å². The molecule has 1 aromatic carbocycles. The van der Waals surface area contributed by atoms with Crippen molar-refractivity contribution in [2.45, 2.75) is 18.7 Å². The minimum atomic E-state index is -5.01. The van der Waals surface area contributed by atoms with Crippen molar-refractivity contribution in [3.8, 4) is 0 Å². The fraction of sp³-hybridized carbons (Fsp3) is 0.176. The molecule has 25 heavy (non-hydrogen) atoms. The molecule has 1 aliphatic rings. The number of hydrogen-bond donors (Lipinski definition) is 1. The largest absolute Gasteiger partial charge is 0.460 e. The van der Waals surface area contributed by atoms with Gasteiger partial charge in [0.15, 0.2) is 6.08 Å². The van der Waals surface area contributed by atoms with Crippen LogP contribution in [0.25, 0.3) is 0 Å². The highest BCUT2D eigenvalue weighted by Crippen LogP contribution is 2.32. The van der Waals surface area contributed by atoms with Crippen LogP contribution < -0.4 is 5.73 Å². The number of nitrogens with zero attached hydrogens (tertiary/aromatic N) is 1. The molecule has 0 radical (unpaired) electrons. The Balaban J connectivity index is 1.93. The number of rotatable bonds is 5. The van der Waals surface area contributed by atoms with E-state index in [1.54, 1.807) is 19.1 Å². The van der Waals surface area contributed by atoms with Crippen LogP contribution in [-0.2, 0) is 29.5 Å². The molecule has 0 saturated heterocycles. The topological polar surface area (TPSA) is 109 Å². The number of aryl methyl sites for hydroxylation is 1. The van der Waals surface area contributed by atoms with Gasteiger partial charge in [-0.05, 0) is 18.6 Å². The van der Waals surface area contributed by atoms with Crippen molar-refractivity contribution < 1.29 is 26.2 Å². The summed E-state index contributed by atoms with van der Waals surface area (Å²) in [6.07, 6.45) is -1.15. The van der Waals surface area contributed by atoms with Gasteiger partial charge in [0.05, 0.1) is 4.11 Å². The van der Waals surface area contributed by atoms with Gasteiger partial charge in [0, 0.05) is 17.5 Å². The Morgan fingerprint density at radius 1 is 1.32 bits per heavy atom. The predicted molar refractivity (Wildman–Crippen MR) is 89.2 cm³/mol. The van der Waals surface area contributed by atoms with E-state index in [1.807, 2.05) is 0 Å². The molecule has 2 aromatic rings. The van der Waals surface area contributed by atoms with E-state index in [2.05, 4.69) is 4.98 Å². The maximum atomic E-state index is 12.7. The predicted octanol–water partition coefficient (Wildman–Crippen LogP) is 1.70. The second-order valence-electron chi connectivity index (χ2n) is 5.15. The molecule has 0 aliphatic carbocycles. The van der Waals surface area contributed by atoms with E-state index in [-0.39, 0.29) is 11.1 Å². The third kappa shape index (κ3) is 3.80. The zero-order valence-corrected chi connectivity index (χ0v) is 13.9. The Labute approximate surface area is 149 Å². The molecule has 130 valence electrons. The van der Waals surface area contributed by atoms with Crippen molar-refractivity contribution >= 4 is 15.9 Å². The second kappa shape index (κ2) is 6.56. The molecule has 0 spiro atoms. The molecule has 3 rings (SSSR count). The lowest BCUT2D eigenvalue weighted by Gasteiger charge is -2.09. The molecule has 0 bridgehead atoms. The Morgan fingerprint density at radius 2 is 2.04 bits per heavy atom. The molecular weight excluding hydrogens is 344 g/mol. The third-order valence-electron chi connectivity index (χ3n) is 3.23. The molecule has 8 heteroatoms. The Kier molecular flexibility index (Phi) is 3.52. The zero-order valence-electron chi connectivity index (χ0n) is 16.1. The lowest BCUT2D eigenvalue weighted by atomic mass is 10.1. The molecule has 0 fully saturated rings. The van der Waals surface area contributed by atoms with Gasteiger partial charge < -0.3 is 14.7 Å². The fourth-order valence-electron chi connectivity index (χ4n) is 2.07. The van der Waals surface area contributed by atoms with Gasteiger partial charge in [0.2, 0.25) is 17.4 Å². The summed E-state index contributed by atoms with van der Waals surface area (Å²) >= 11 is 0. The van der Waals surface area contributed by atoms with Gasteiger partial charge >= 0.3 is 10.1 Å². The fourth-order valence-corrected chi connectivity index (χ4v) is 2.91. The van der Waals surface area contributed by atoms with Gasteiger partial charge in [-0.2, -0.15) is 8.42 Å². The minimum Gasteiger partial charge on any atom is -0.460 e. The van der Waals surface area contributed by atoms with Gasteiger partial charge in [-0.25, -0.2) is 0 Å². The summed E-state index contributed by atoms with van der Waals surface area (Å²) in [7, 11) is -5.01. The zero-order chi connectivity index (χ0) is 20.7. The highest BCUT2D eigenvalue weighted by Gasteiger charge is 2.39. The molecule has 0 saturated carbocycles. The van der Waals surface area contributed by atoms with E-state index in [4.69, 9.17) is 18.8 Å². The maximum absolute atomic E-state index is 12.7. The molecule has 2 heterocycles. The van der Waals surface area contributed by atoms with Crippen molar-refractivity contribution in [3.63, 3.8) is 0 Å². The molecular formula is C17H16N2O5S. The molecule has 0 unspecified atom stereocenters. The first-order valence-corrected chi connectivity index (χ1v) is 8.56. The van der Waals surface area contributed by atoms with E-state index in [1.165, 1.54) is 36.5 Å². The number of benzene rings is 1. The lowest BCUT2D eigenvalue weighted by Crippen LogP contribution is -2.16. The first-order valence-electron chi connectivity index (χ1n) is 8.65. The first-order chi connectivity index (χ1) is 13.0. The molecule has 7 nitrogen and oxygen atoms in total. The van der Waals surface area contributed by atoms with E-state index in [9.17, 15) is 13.2 Å². The van der Waals surface area contributed by atoms with Crippen molar-refractivity contribution in [1.82, 2.24) is 4.98 Å². The summed E-state index contributed by atoms with van der Waals surface area (Å²) in [4.78, 5) is 16.7. The summed E-state index contributed by atoms with van der Waals surface area (Å²) in [6.45, 7) is 1.71. The molecule has 1 aliphatic heterocycles. The summed E-state index contributed by atoms with van der Waals surface area (Å²) in [5, 5.41) is 0. The SMILES string of the molecule is [2H]C([2H])(c1ccccc1)S(=O)(=O)OC1=C(N)O[C@]([2H])(c2ccc(C)nc2)C1=O. The van der Waals surface area contributed by atoms with Crippen LogP contribution in [0.3, 0.4) is 0 Å². The second-order valence-corrected chi connectivity index (χ2v) is 6.43. The number of ether oxygens (including phenoxy) is 1. The van der Waals surface area contributed by atoms with Crippen LogP contribution in [0.2, 0.25) is 0 Å². The van der Waals surface area contributed by atoms with Crippen LogP contribution >= 0.6 is 0 Å². The van der Waals surface area contributed by atoms with E-state index in [0.29, 0.717) is 5.69 Å². The summed E-state index contributed by atoms with van der Waals surface area (Å²) in [6, 6.07) is 9.99. The summed E-state index contributed by atoms with van der Waals surface area (Å²) in [5.41, 5.74) is 3.07. The smallest absolute Gasteiger partial charge is 0.313 e. The maximum Gasteiger partial charge on any atom is 0.313 e. The van der Waals surface area contributed by atoms with Gasteiger partial charge in [-0.15, -0.1) is 0 Å². The highest BCUT2D eigenvalue weighted by molar-refractivity contribution is 7.86. The van der Waals surface area contributed by atoms with Gasteiger partial charge in [0.1, 0.15) is 5.70 Å². The lowest BCUT2D eigenvalue weighted by molar-refractivity contribution is -0.123. The number of aromatic nitrogens is 1. The number of carbonyl (C=O) groups is 1. The quantitative estimate of drug-likeness (QED) is 0.805. The summed E-state index contributed by atoms with van der Waals surface area (Å²) < 4.78 is 59.0. The standard InChI is InChI=1S/C17H16N2O5S/c1-11-7-8-13(9-19-11)15-14(20)16(17(18)23-15)24-25(21,22)10-12-5-3-2-4-6-12/h2-9,15H,10,18H2,1H3/t15-/m1/s1/i10D2,15D. The number of Topliss-reactive ketones (excluding diaryl/α,β-unsaturated/α-hetero) is 1. The van der Waals surface area contributed by atoms with Crippen molar-refractivity contribution in [1.29, 1.82) is 0 Å².